The number of pyridine rings is 2. The molecule has 2 nitrogen and oxygen atoms in total. The Labute approximate surface area is 111 Å². The Morgan fingerprint density at radius 2 is 1.94 bits per heavy atom. The molecule has 0 fully saturated rings. The van der Waals surface area contributed by atoms with Gasteiger partial charge in [-0.3, -0.25) is 9.97 Å². The molecule has 0 unspecified atom stereocenters. The fraction of sp³-hybridized carbons (Fsp3) is 0.286. The van der Waals surface area contributed by atoms with Crippen molar-refractivity contribution in [3.63, 3.8) is 0 Å². The molecule has 0 aromatic carbocycles. The van der Waals surface area contributed by atoms with Crippen LogP contribution in [0.1, 0.15) is 26.5 Å². The highest BCUT2D eigenvalue weighted by atomic mass is 35.5. The third kappa shape index (κ3) is 2.51. The predicted octanol–water partition coefficient (Wildman–Crippen LogP) is 4.23. The second-order valence-corrected chi connectivity index (χ2v) is 5.57. The van der Waals surface area contributed by atoms with Crippen molar-refractivity contribution in [1.82, 2.24) is 9.97 Å². The molecule has 2 aromatic heterocycles. The molecule has 0 radical (unpaired) electrons. The predicted molar refractivity (Wildman–Crippen MR) is 71.1 cm³/mol. The Morgan fingerprint density at radius 3 is 2.61 bits per heavy atom. The van der Waals surface area contributed by atoms with E-state index >= 15 is 0 Å². The van der Waals surface area contributed by atoms with E-state index in [4.69, 9.17) is 11.6 Å². The number of nitrogens with zero attached hydrogens (tertiary/aromatic N) is 2. The van der Waals surface area contributed by atoms with Crippen LogP contribution in [0.15, 0.2) is 30.7 Å². The standard InChI is InChI=1S/C14H14ClFN2/c1-14(2,3)12-6-9(4-5-18-12)10-7-17-8-11(15)13(10)16/h4-8H,1-3H3. The van der Waals surface area contributed by atoms with Gasteiger partial charge in [0.1, 0.15) is 0 Å². The van der Waals surface area contributed by atoms with Crippen LogP contribution >= 0.6 is 11.6 Å². The fourth-order valence-electron chi connectivity index (χ4n) is 1.63. The average molecular weight is 265 g/mol. The van der Waals surface area contributed by atoms with Crippen LogP contribution in [0.2, 0.25) is 5.02 Å². The molecule has 0 N–H and O–H groups in total. The molecule has 2 heterocycles. The first-order valence-corrected chi connectivity index (χ1v) is 6.03. The highest BCUT2D eigenvalue weighted by Crippen LogP contribution is 2.29. The zero-order valence-corrected chi connectivity index (χ0v) is 11.3. The topological polar surface area (TPSA) is 25.8 Å². The lowest BCUT2D eigenvalue weighted by molar-refractivity contribution is 0.569. The van der Waals surface area contributed by atoms with Crippen LogP contribution in [0.25, 0.3) is 11.1 Å². The van der Waals surface area contributed by atoms with E-state index in [9.17, 15) is 4.39 Å². The second-order valence-electron chi connectivity index (χ2n) is 5.16. The Morgan fingerprint density at radius 1 is 1.22 bits per heavy atom. The van der Waals surface area contributed by atoms with Crippen LogP contribution in [0.3, 0.4) is 0 Å². The van der Waals surface area contributed by atoms with Crippen LogP contribution in [-0.2, 0) is 5.41 Å². The summed E-state index contributed by atoms with van der Waals surface area (Å²) in [4.78, 5) is 8.23. The summed E-state index contributed by atoms with van der Waals surface area (Å²) >= 11 is 5.74. The lowest BCUT2D eigenvalue weighted by atomic mass is 9.90. The third-order valence-electron chi connectivity index (χ3n) is 2.68. The first kappa shape index (κ1) is 13.0. The largest absolute Gasteiger partial charge is 0.262 e. The van der Waals surface area contributed by atoms with Gasteiger partial charge in [-0.05, 0) is 17.7 Å². The van der Waals surface area contributed by atoms with E-state index in [-0.39, 0.29) is 10.4 Å². The van der Waals surface area contributed by atoms with Gasteiger partial charge in [0.05, 0.1) is 5.02 Å². The van der Waals surface area contributed by atoms with E-state index < -0.39 is 5.82 Å². The van der Waals surface area contributed by atoms with Crippen molar-refractivity contribution in [1.29, 1.82) is 0 Å². The minimum atomic E-state index is -0.447. The van der Waals surface area contributed by atoms with Gasteiger partial charge in [0.15, 0.2) is 5.82 Å². The number of rotatable bonds is 1. The molecule has 0 saturated carbocycles. The molecular formula is C14H14ClFN2. The van der Waals surface area contributed by atoms with Crippen molar-refractivity contribution in [2.75, 3.05) is 0 Å². The molecule has 4 heteroatoms. The van der Waals surface area contributed by atoms with Gasteiger partial charge in [-0.2, -0.15) is 0 Å². The number of hydrogen-bond acceptors (Lipinski definition) is 2. The third-order valence-corrected chi connectivity index (χ3v) is 2.94. The molecule has 0 amide bonds. The zero-order chi connectivity index (χ0) is 13.3. The fourth-order valence-corrected chi connectivity index (χ4v) is 1.79. The number of halogens is 2. The Kier molecular flexibility index (Phi) is 3.35. The summed E-state index contributed by atoms with van der Waals surface area (Å²) in [7, 11) is 0. The number of hydrogen-bond donors (Lipinski definition) is 0. The quantitative estimate of drug-likeness (QED) is 0.770. The van der Waals surface area contributed by atoms with Gasteiger partial charge < -0.3 is 0 Å². The smallest absolute Gasteiger partial charge is 0.152 e. The molecule has 0 bridgehead atoms. The molecule has 94 valence electrons. The van der Waals surface area contributed by atoms with Crippen molar-refractivity contribution in [2.24, 2.45) is 0 Å². The lowest BCUT2D eigenvalue weighted by Crippen LogP contribution is -2.13. The Balaban J connectivity index is 2.55. The van der Waals surface area contributed by atoms with Gasteiger partial charge in [-0.1, -0.05) is 32.4 Å². The summed E-state index contributed by atoms with van der Waals surface area (Å²) in [5, 5.41) is 0.0293. The van der Waals surface area contributed by atoms with Crippen LogP contribution in [0.4, 0.5) is 4.39 Å². The Hall–Kier alpha value is -1.48. The molecular weight excluding hydrogens is 251 g/mol. The zero-order valence-electron chi connectivity index (χ0n) is 10.5. The van der Waals surface area contributed by atoms with E-state index in [1.807, 2.05) is 6.07 Å². The molecule has 0 aliphatic rings. The van der Waals surface area contributed by atoms with Crippen molar-refractivity contribution in [3.05, 3.63) is 47.3 Å². The maximum absolute atomic E-state index is 13.9. The molecule has 2 aromatic rings. The van der Waals surface area contributed by atoms with Crippen molar-refractivity contribution < 1.29 is 4.39 Å². The molecule has 0 atom stereocenters. The summed E-state index contributed by atoms with van der Waals surface area (Å²) in [6, 6.07) is 3.63. The summed E-state index contributed by atoms with van der Waals surface area (Å²) in [6.07, 6.45) is 4.45. The van der Waals surface area contributed by atoms with Crippen molar-refractivity contribution in [2.45, 2.75) is 26.2 Å². The maximum atomic E-state index is 13.9. The molecule has 0 spiro atoms. The summed E-state index contributed by atoms with van der Waals surface area (Å²) < 4.78 is 13.9. The van der Waals surface area contributed by atoms with Gasteiger partial charge in [-0.25, -0.2) is 4.39 Å². The van der Waals surface area contributed by atoms with E-state index in [1.165, 1.54) is 12.4 Å². The molecule has 0 aliphatic carbocycles. The lowest BCUT2D eigenvalue weighted by Gasteiger charge is -2.18. The van der Waals surface area contributed by atoms with E-state index in [1.54, 1.807) is 12.3 Å². The van der Waals surface area contributed by atoms with Gasteiger partial charge >= 0.3 is 0 Å². The normalized spacial score (nSPS) is 11.6. The summed E-state index contributed by atoms with van der Waals surface area (Å²) in [5.74, 6) is -0.447. The van der Waals surface area contributed by atoms with Gasteiger partial charge in [0.25, 0.3) is 0 Å². The SMILES string of the molecule is CC(C)(C)c1cc(-c2cncc(Cl)c2F)ccn1. The molecule has 18 heavy (non-hydrogen) atoms. The van der Waals surface area contributed by atoms with Crippen molar-refractivity contribution >= 4 is 11.6 Å². The highest BCUT2D eigenvalue weighted by molar-refractivity contribution is 6.30. The van der Waals surface area contributed by atoms with Crippen LogP contribution in [-0.4, -0.2) is 9.97 Å². The summed E-state index contributed by atoms with van der Waals surface area (Å²) in [5.41, 5.74) is 1.95. The van der Waals surface area contributed by atoms with E-state index in [2.05, 4.69) is 30.7 Å². The first-order valence-electron chi connectivity index (χ1n) is 5.65. The maximum Gasteiger partial charge on any atom is 0.152 e. The second kappa shape index (κ2) is 4.65. The monoisotopic (exact) mass is 264 g/mol. The van der Waals surface area contributed by atoms with Crippen molar-refractivity contribution in [3.8, 4) is 11.1 Å². The van der Waals surface area contributed by atoms with Crippen LogP contribution < -0.4 is 0 Å². The highest BCUT2D eigenvalue weighted by Gasteiger charge is 2.17. The van der Waals surface area contributed by atoms with E-state index in [0.29, 0.717) is 5.56 Å². The average Bonchev–Trinajstić information content (AvgIpc) is 2.32. The molecule has 2 rings (SSSR count). The van der Waals surface area contributed by atoms with Gasteiger partial charge in [0.2, 0.25) is 0 Å². The number of aromatic nitrogens is 2. The van der Waals surface area contributed by atoms with Crippen LogP contribution in [0, 0.1) is 5.82 Å². The minimum absolute atomic E-state index is 0.0293. The van der Waals surface area contributed by atoms with Crippen LogP contribution in [0.5, 0.6) is 0 Å². The molecule has 0 saturated heterocycles. The Bertz CT molecular complexity index is 576. The van der Waals surface area contributed by atoms with Gasteiger partial charge in [0, 0.05) is 35.3 Å². The van der Waals surface area contributed by atoms with E-state index in [0.717, 1.165) is 11.3 Å². The van der Waals surface area contributed by atoms with Gasteiger partial charge in [-0.15, -0.1) is 0 Å². The first-order chi connectivity index (χ1) is 8.39. The summed E-state index contributed by atoms with van der Waals surface area (Å²) in [6.45, 7) is 6.18. The minimum Gasteiger partial charge on any atom is -0.262 e. The molecule has 0 aliphatic heterocycles.